The lowest BCUT2D eigenvalue weighted by Crippen LogP contribution is -2.56. The molecule has 1 aromatic rings. The Morgan fingerprint density at radius 3 is 2.41 bits per heavy atom. The molecule has 1 aromatic carbocycles. The average molecular weight is 477 g/mol. The van der Waals surface area contributed by atoms with Crippen LogP contribution >= 0.6 is 11.6 Å². The van der Waals surface area contributed by atoms with Gasteiger partial charge in [-0.05, 0) is 64.3 Å². The van der Waals surface area contributed by atoms with Crippen LogP contribution in [0.2, 0.25) is 5.02 Å². The standard InChI is InChI=1S/C22H28ClF3N2O4/c1-12-10-27(20(30)32-21(3,4)5)11-17(31-12)19(29)28-7-6-14-8-15(22(24,25)26)9-16(23)18(14)13(28)2/h8-9,12-13,17H,6-7,10-11H2,1-5H3/t12-,13?,17-/m1/s1. The van der Waals surface area contributed by atoms with Crippen molar-refractivity contribution in [1.29, 1.82) is 0 Å². The van der Waals surface area contributed by atoms with Gasteiger partial charge in [-0.25, -0.2) is 4.79 Å². The number of nitrogens with zero attached hydrogens (tertiary/aromatic N) is 2. The molecule has 1 unspecified atom stereocenters. The highest BCUT2D eigenvalue weighted by atomic mass is 35.5. The van der Waals surface area contributed by atoms with E-state index in [2.05, 4.69) is 0 Å². The summed E-state index contributed by atoms with van der Waals surface area (Å²) in [6.07, 6.45) is -6.05. The van der Waals surface area contributed by atoms with Crippen molar-refractivity contribution in [3.8, 4) is 0 Å². The number of benzene rings is 1. The Kier molecular flexibility index (Phi) is 6.73. The van der Waals surface area contributed by atoms with Gasteiger partial charge in [-0.15, -0.1) is 0 Å². The second-order valence-corrected chi connectivity index (χ2v) is 9.71. The van der Waals surface area contributed by atoms with Crippen molar-refractivity contribution >= 4 is 23.6 Å². The van der Waals surface area contributed by atoms with Gasteiger partial charge in [0.1, 0.15) is 5.60 Å². The highest BCUT2D eigenvalue weighted by Gasteiger charge is 2.40. The monoisotopic (exact) mass is 476 g/mol. The van der Waals surface area contributed by atoms with E-state index in [0.29, 0.717) is 17.7 Å². The molecule has 0 spiro atoms. The minimum Gasteiger partial charge on any atom is -0.444 e. The number of hydrogen-bond donors (Lipinski definition) is 0. The zero-order valence-electron chi connectivity index (χ0n) is 18.8. The number of alkyl halides is 3. The lowest BCUT2D eigenvalue weighted by molar-refractivity contribution is -0.158. The van der Waals surface area contributed by atoms with Gasteiger partial charge < -0.3 is 19.3 Å². The Labute approximate surface area is 190 Å². The second-order valence-electron chi connectivity index (χ2n) is 9.31. The molecule has 2 aliphatic heterocycles. The van der Waals surface area contributed by atoms with Crippen molar-refractivity contribution in [3.63, 3.8) is 0 Å². The van der Waals surface area contributed by atoms with Crippen LogP contribution in [0.3, 0.4) is 0 Å². The molecule has 0 N–H and O–H groups in total. The maximum absolute atomic E-state index is 13.3. The number of fused-ring (bicyclic) bond motifs is 1. The zero-order chi connectivity index (χ0) is 24.0. The summed E-state index contributed by atoms with van der Waals surface area (Å²) in [7, 11) is 0. The molecule has 3 rings (SSSR count). The number of halogens is 4. The molecule has 2 aliphatic rings. The number of rotatable bonds is 1. The lowest BCUT2D eigenvalue weighted by Gasteiger charge is -2.41. The van der Waals surface area contributed by atoms with Crippen LogP contribution in [0, 0.1) is 0 Å². The summed E-state index contributed by atoms with van der Waals surface area (Å²) in [5.74, 6) is -0.334. The first-order valence-electron chi connectivity index (χ1n) is 10.5. The van der Waals surface area contributed by atoms with Crippen molar-refractivity contribution in [2.24, 2.45) is 0 Å². The van der Waals surface area contributed by atoms with Crippen LogP contribution in [0.15, 0.2) is 12.1 Å². The molecule has 0 aromatic heterocycles. The first-order valence-corrected chi connectivity index (χ1v) is 10.9. The molecule has 2 amide bonds. The van der Waals surface area contributed by atoms with Crippen LogP contribution in [-0.2, 0) is 26.9 Å². The lowest BCUT2D eigenvalue weighted by atomic mass is 9.91. The summed E-state index contributed by atoms with van der Waals surface area (Å²) in [4.78, 5) is 28.8. The van der Waals surface area contributed by atoms with Gasteiger partial charge in [0.25, 0.3) is 5.91 Å². The Morgan fingerprint density at radius 1 is 1.16 bits per heavy atom. The van der Waals surface area contributed by atoms with Gasteiger partial charge in [0, 0.05) is 11.6 Å². The van der Waals surface area contributed by atoms with Crippen molar-refractivity contribution in [3.05, 3.63) is 33.8 Å². The number of carbonyl (C=O) groups is 2. The third-order valence-corrected chi connectivity index (χ3v) is 5.83. The molecule has 1 saturated heterocycles. The molecule has 0 saturated carbocycles. The molecule has 32 heavy (non-hydrogen) atoms. The number of ether oxygens (including phenoxy) is 2. The Balaban J connectivity index is 1.79. The van der Waals surface area contributed by atoms with Crippen LogP contribution in [0.4, 0.5) is 18.0 Å². The van der Waals surface area contributed by atoms with Gasteiger partial charge in [-0.2, -0.15) is 13.2 Å². The number of carbonyl (C=O) groups excluding carboxylic acids is 2. The van der Waals surface area contributed by atoms with E-state index in [1.807, 2.05) is 0 Å². The summed E-state index contributed by atoms with van der Waals surface area (Å²) < 4.78 is 50.7. The fourth-order valence-corrected chi connectivity index (χ4v) is 4.55. The third-order valence-electron chi connectivity index (χ3n) is 5.52. The van der Waals surface area contributed by atoms with E-state index in [1.165, 1.54) is 4.90 Å². The smallest absolute Gasteiger partial charge is 0.416 e. The largest absolute Gasteiger partial charge is 0.444 e. The van der Waals surface area contributed by atoms with Crippen molar-refractivity contribution < 1.29 is 32.2 Å². The molecule has 2 heterocycles. The van der Waals surface area contributed by atoms with E-state index in [9.17, 15) is 22.8 Å². The van der Waals surface area contributed by atoms with E-state index in [-0.39, 0.29) is 36.5 Å². The summed E-state index contributed by atoms with van der Waals surface area (Å²) in [5.41, 5.74) is -0.484. The highest BCUT2D eigenvalue weighted by molar-refractivity contribution is 6.31. The topological polar surface area (TPSA) is 59.1 Å². The molecule has 0 radical (unpaired) electrons. The first kappa shape index (κ1) is 24.6. The van der Waals surface area contributed by atoms with E-state index in [4.69, 9.17) is 21.1 Å². The molecular formula is C22H28ClF3N2O4. The van der Waals surface area contributed by atoms with Crippen molar-refractivity contribution in [2.75, 3.05) is 19.6 Å². The molecule has 0 aliphatic carbocycles. The van der Waals surface area contributed by atoms with Gasteiger partial charge in [0.2, 0.25) is 0 Å². The van der Waals surface area contributed by atoms with Crippen molar-refractivity contribution in [2.45, 2.75) is 71.1 Å². The summed E-state index contributed by atoms with van der Waals surface area (Å²) in [6, 6.07) is 1.47. The molecule has 6 nitrogen and oxygen atoms in total. The van der Waals surface area contributed by atoms with Gasteiger partial charge in [0.15, 0.2) is 6.10 Å². The van der Waals surface area contributed by atoms with Crippen LogP contribution in [-0.4, -0.2) is 59.2 Å². The Morgan fingerprint density at radius 2 is 1.81 bits per heavy atom. The van der Waals surface area contributed by atoms with Crippen LogP contribution in [0.5, 0.6) is 0 Å². The normalized spacial score (nSPS) is 24.2. The predicted octanol–water partition coefficient (Wildman–Crippen LogP) is 4.83. The molecule has 3 atom stereocenters. The molecule has 10 heteroatoms. The summed E-state index contributed by atoms with van der Waals surface area (Å²) >= 11 is 6.21. The van der Waals surface area contributed by atoms with E-state index < -0.39 is 35.6 Å². The summed E-state index contributed by atoms with van der Waals surface area (Å²) in [6.45, 7) is 9.34. The van der Waals surface area contributed by atoms with E-state index in [1.54, 1.807) is 39.5 Å². The highest BCUT2D eigenvalue weighted by Crippen LogP contribution is 2.40. The zero-order valence-corrected chi connectivity index (χ0v) is 19.5. The maximum atomic E-state index is 13.3. The number of amides is 2. The molecule has 1 fully saturated rings. The van der Waals surface area contributed by atoms with Gasteiger partial charge in [-0.1, -0.05) is 11.6 Å². The van der Waals surface area contributed by atoms with Crippen LogP contribution in [0.25, 0.3) is 0 Å². The molecule has 178 valence electrons. The second kappa shape index (κ2) is 8.74. The minimum atomic E-state index is -4.49. The first-order chi connectivity index (χ1) is 14.7. The third kappa shape index (κ3) is 5.31. The summed E-state index contributed by atoms with van der Waals surface area (Å²) in [5, 5.41) is -0.0202. The predicted molar refractivity (Wildman–Crippen MR) is 112 cm³/mol. The van der Waals surface area contributed by atoms with E-state index in [0.717, 1.165) is 12.1 Å². The van der Waals surface area contributed by atoms with Crippen LogP contribution < -0.4 is 0 Å². The Hall–Kier alpha value is -2.00. The molecular weight excluding hydrogens is 449 g/mol. The quantitative estimate of drug-likeness (QED) is 0.582. The van der Waals surface area contributed by atoms with Gasteiger partial charge >= 0.3 is 12.3 Å². The maximum Gasteiger partial charge on any atom is 0.416 e. The fourth-order valence-electron chi connectivity index (χ4n) is 4.15. The van der Waals surface area contributed by atoms with Gasteiger partial charge in [-0.3, -0.25) is 4.79 Å². The number of morpholine rings is 1. The van der Waals surface area contributed by atoms with Gasteiger partial charge in [0.05, 0.1) is 30.8 Å². The van der Waals surface area contributed by atoms with Crippen molar-refractivity contribution in [1.82, 2.24) is 9.80 Å². The SMILES string of the molecule is CC1c2c(Cl)cc(C(F)(F)F)cc2CCN1C(=O)[C@H]1CN(C(=O)OC(C)(C)C)C[C@@H](C)O1. The van der Waals surface area contributed by atoms with E-state index >= 15 is 0 Å². The fraction of sp³-hybridized carbons (Fsp3) is 0.636. The average Bonchev–Trinajstić information content (AvgIpc) is 2.64. The minimum absolute atomic E-state index is 0.0202. The number of hydrogen-bond acceptors (Lipinski definition) is 4. The Bertz CT molecular complexity index is 900. The molecule has 0 bridgehead atoms. The van der Waals surface area contributed by atoms with Crippen LogP contribution in [0.1, 0.15) is 57.4 Å².